The molecular formula is C7H12ClNO3S. The third kappa shape index (κ3) is 2.84. The van der Waals surface area contributed by atoms with E-state index in [1.54, 1.807) is 6.92 Å². The topological polar surface area (TPSA) is 63.2 Å². The maximum Gasteiger partial charge on any atom is 0.235 e. The Morgan fingerprint density at radius 2 is 2.23 bits per heavy atom. The fourth-order valence-corrected chi connectivity index (χ4v) is 3.64. The van der Waals surface area contributed by atoms with Gasteiger partial charge < -0.3 is 5.32 Å². The van der Waals surface area contributed by atoms with E-state index in [0.717, 1.165) is 0 Å². The van der Waals surface area contributed by atoms with Crippen molar-refractivity contribution in [3.05, 3.63) is 0 Å². The molecule has 1 atom stereocenters. The molecule has 0 aromatic rings. The zero-order valence-corrected chi connectivity index (χ0v) is 8.91. The third-order valence-corrected chi connectivity index (χ3v) is 4.21. The van der Waals surface area contributed by atoms with Gasteiger partial charge in [-0.05, 0) is 13.3 Å². The molecule has 1 amide bonds. The van der Waals surface area contributed by atoms with Gasteiger partial charge in [0.1, 0.15) is 5.88 Å². The third-order valence-electron chi connectivity index (χ3n) is 2.07. The van der Waals surface area contributed by atoms with Gasteiger partial charge in [-0.15, -0.1) is 11.6 Å². The zero-order valence-electron chi connectivity index (χ0n) is 7.34. The number of rotatable bonds is 2. The second-order valence-electron chi connectivity index (χ2n) is 3.58. The number of halogens is 1. The second kappa shape index (κ2) is 3.46. The minimum Gasteiger partial charge on any atom is -0.349 e. The van der Waals surface area contributed by atoms with Crippen molar-refractivity contribution in [1.29, 1.82) is 0 Å². The lowest BCUT2D eigenvalue weighted by Crippen LogP contribution is -2.47. The summed E-state index contributed by atoms with van der Waals surface area (Å²) < 4.78 is 22.3. The van der Waals surface area contributed by atoms with Gasteiger partial charge in [-0.25, -0.2) is 8.42 Å². The molecule has 0 aromatic heterocycles. The Morgan fingerprint density at radius 1 is 1.62 bits per heavy atom. The Balaban J connectivity index is 2.65. The van der Waals surface area contributed by atoms with Crippen LogP contribution in [0, 0.1) is 0 Å². The van der Waals surface area contributed by atoms with E-state index in [9.17, 15) is 13.2 Å². The van der Waals surface area contributed by atoms with Gasteiger partial charge in [-0.2, -0.15) is 0 Å². The van der Waals surface area contributed by atoms with Gasteiger partial charge >= 0.3 is 0 Å². The van der Waals surface area contributed by atoms with Crippen LogP contribution in [0.25, 0.3) is 0 Å². The first kappa shape index (κ1) is 10.8. The fourth-order valence-electron chi connectivity index (χ4n) is 1.48. The highest BCUT2D eigenvalue weighted by Gasteiger charge is 2.39. The molecule has 0 unspecified atom stereocenters. The second-order valence-corrected chi connectivity index (χ2v) is 6.04. The van der Waals surface area contributed by atoms with Crippen molar-refractivity contribution in [3.8, 4) is 0 Å². The minimum absolute atomic E-state index is 0.0165. The summed E-state index contributed by atoms with van der Waals surface area (Å²) in [6, 6.07) is 0. The molecule has 1 heterocycles. The number of carbonyl (C=O) groups is 1. The highest BCUT2D eigenvalue weighted by molar-refractivity contribution is 7.91. The highest BCUT2D eigenvalue weighted by atomic mass is 35.5. The molecule has 0 saturated carbocycles. The average Bonchev–Trinajstić information content (AvgIpc) is 2.25. The van der Waals surface area contributed by atoms with Crippen molar-refractivity contribution in [3.63, 3.8) is 0 Å². The highest BCUT2D eigenvalue weighted by Crippen LogP contribution is 2.22. The van der Waals surface area contributed by atoms with Crippen LogP contribution in [0.4, 0.5) is 0 Å². The number of alkyl halides is 1. The van der Waals surface area contributed by atoms with Crippen LogP contribution in [0.5, 0.6) is 0 Å². The molecule has 1 aliphatic heterocycles. The fraction of sp³-hybridized carbons (Fsp3) is 0.857. The number of amides is 1. The largest absolute Gasteiger partial charge is 0.349 e. The molecule has 0 radical (unpaired) electrons. The van der Waals surface area contributed by atoms with Crippen LogP contribution in [-0.2, 0) is 14.6 Å². The van der Waals surface area contributed by atoms with E-state index in [4.69, 9.17) is 11.6 Å². The molecule has 0 spiro atoms. The lowest BCUT2D eigenvalue weighted by Gasteiger charge is -2.22. The predicted octanol–water partition coefficient (Wildman–Crippen LogP) is -0.0814. The van der Waals surface area contributed by atoms with E-state index >= 15 is 0 Å². The number of sulfone groups is 1. The van der Waals surface area contributed by atoms with E-state index in [2.05, 4.69) is 5.32 Å². The van der Waals surface area contributed by atoms with Crippen molar-refractivity contribution in [2.24, 2.45) is 0 Å². The van der Waals surface area contributed by atoms with Crippen LogP contribution in [-0.4, -0.2) is 37.2 Å². The van der Waals surface area contributed by atoms with Gasteiger partial charge in [0.05, 0.1) is 17.0 Å². The van der Waals surface area contributed by atoms with Gasteiger partial charge in [-0.1, -0.05) is 0 Å². The minimum atomic E-state index is -2.97. The summed E-state index contributed by atoms with van der Waals surface area (Å²) in [5.74, 6) is -0.286. The Labute approximate surface area is 82.6 Å². The Hall–Kier alpha value is -0.290. The smallest absolute Gasteiger partial charge is 0.235 e. The summed E-state index contributed by atoms with van der Waals surface area (Å²) >= 11 is 5.30. The molecule has 4 nitrogen and oxygen atoms in total. The van der Waals surface area contributed by atoms with Crippen LogP contribution in [0.1, 0.15) is 13.3 Å². The van der Waals surface area contributed by atoms with Gasteiger partial charge in [0.2, 0.25) is 5.91 Å². The predicted molar refractivity (Wildman–Crippen MR) is 50.5 cm³/mol. The van der Waals surface area contributed by atoms with E-state index in [0.29, 0.717) is 6.42 Å². The molecule has 1 saturated heterocycles. The van der Waals surface area contributed by atoms with Crippen LogP contribution in [0.3, 0.4) is 0 Å². The summed E-state index contributed by atoms with van der Waals surface area (Å²) in [6.07, 6.45) is 0.470. The molecule has 0 aliphatic carbocycles. The molecule has 13 heavy (non-hydrogen) atoms. The van der Waals surface area contributed by atoms with E-state index in [-0.39, 0.29) is 23.3 Å². The van der Waals surface area contributed by atoms with Crippen molar-refractivity contribution in [1.82, 2.24) is 5.32 Å². The van der Waals surface area contributed by atoms with Crippen molar-refractivity contribution >= 4 is 27.3 Å². The number of hydrogen-bond donors (Lipinski definition) is 1. The van der Waals surface area contributed by atoms with Crippen molar-refractivity contribution in [2.75, 3.05) is 17.4 Å². The van der Waals surface area contributed by atoms with Gasteiger partial charge in [0.15, 0.2) is 9.84 Å². The maximum atomic E-state index is 11.1. The zero-order chi connectivity index (χ0) is 10.1. The summed E-state index contributed by atoms with van der Waals surface area (Å²) in [6.45, 7) is 1.72. The molecule has 1 N–H and O–H groups in total. The number of nitrogens with one attached hydrogen (secondary N) is 1. The van der Waals surface area contributed by atoms with Crippen molar-refractivity contribution < 1.29 is 13.2 Å². The lowest BCUT2D eigenvalue weighted by molar-refractivity contribution is -0.120. The van der Waals surface area contributed by atoms with Crippen LogP contribution < -0.4 is 5.32 Å². The van der Waals surface area contributed by atoms with E-state index < -0.39 is 15.4 Å². The molecule has 1 fully saturated rings. The normalized spacial score (nSPS) is 31.5. The van der Waals surface area contributed by atoms with Crippen LogP contribution in [0.2, 0.25) is 0 Å². The standard InChI is InChI=1S/C7H12ClNO3S/c1-7(9-6(10)4-8)2-3-13(11,12)5-7/h2-5H2,1H3,(H,9,10)/t7-/m1/s1. The molecule has 1 rings (SSSR count). The average molecular weight is 226 g/mol. The molecule has 0 bridgehead atoms. The number of carbonyl (C=O) groups excluding carboxylic acids is 1. The maximum absolute atomic E-state index is 11.1. The molecular weight excluding hydrogens is 214 g/mol. The first-order valence-electron chi connectivity index (χ1n) is 3.94. The quantitative estimate of drug-likeness (QED) is 0.669. The summed E-state index contributed by atoms with van der Waals surface area (Å²) in [7, 11) is -2.97. The van der Waals surface area contributed by atoms with E-state index in [1.807, 2.05) is 0 Å². The summed E-state index contributed by atoms with van der Waals surface area (Å²) in [5, 5.41) is 2.61. The number of hydrogen-bond acceptors (Lipinski definition) is 3. The Bertz CT molecular complexity index is 314. The first-order chi connectivity index (χ1) is 5.87. The Kier molecular flexibility index (Phi) is 2.87. The molecule has 0 aromatic carbocycles. The summed E-state index contributed by atoms with van der Waals surface area (Å²) in [5.41, 5.74) is -0.620. The van der Waals surface area contributed by atoms with E-state index in [1.165, 1.54) is 0 Å². The SMILES string of the molecule is C[C@@]1(NC(=O)CCl)CCS(=O)(=O)C1. The van der Waals surface area contributed by atoms with Crippen molar-refractivity contribution in [2.45, 2.75) is 18.9 Å². The molecule has 76 valence electrons. The van der Waals surface area contributed by atoms with Crippen LogP contribution >= 0.6 is 11.6 Å². The summed E-state index contributed by atoms with van der Waals surface area (Å²) in [4.78, 5) is 10.9. The lowest BCUT2D eigenvalue weighted by atomic mass is 10.0. The first-order valence-corrected chi connectivity index (χ1v) is 6.30. The van der Waals surface area contributed by atoms with Gasteiger partial charge in [-0.3, -0.25) is 4.79 Å². The van der Waals surface area contributed by atoms with Gasteiger partial charge in [0.25, 0.3) is 0 Å². The van der Waals surface area contributed by atoms with Gasteiger partial charge in [0, 0.05) is 0 Å². The molecule has 1 aliphatic rings. The van der Waals surface area contributed by atoms with Crippen LogP contribution in [0.15, 0.2) is 0 Å². The monoisotopic (exact) mass is 225 g/mol. The Morgan fingerprint density at radius 3 is 2.62 bits per heavy atom. The molecule has 6 heteroatoms.